The maximum atomic E-state index is 12.7. The first-order valence-corrected chi connectivity index (χ1v) is 11.7. The summed E-state index contributed by atoms with van der Waals surface area (Å²) in [5, 5.41) is 10.0. The molecule has 31 heavy (non-hydrogen) atoms. The van der Waals surface area contributed by atoms with Crippen molar-refractivity contribution in [2.45, 2.75) is 23.9 Å². The summed E-state index contributed by atoms with van der Waals surface area (Å²) in [4.78, 5) is 12.7. The van der Waals surface area contributed by atoms with Crippen LogP contribution < -0.4 is 4.87 Å². The molecular weight excluding hydrogens is 424 g/mol. The zero-order valence-corrected chi connectivity index (χ0v) is 18.5. The van der Waals surface area contributed by atoms with Crippen LogP contribution in [0.5, 0.6) is 0 Å². The van der Waals surface area contributed by atoms with Gasteiger partial charge in [-0.2, -0.15) is 0 Å². The average Bonchev–Trinajstić information content (AvgIpc) is 3.35. The molecule has 0 saturated carbocycles. The SMILES string of the molecule is CC(Sc1nnc(Cn2c(=O)sc3ccccc32)n1-c1ccccc1)c1ccccc1. The van der Waals surface area contributed by atoms with Gasteiger partial charge in [0.05, 0.1) is 16.8 Å². The van der Waals surface area contributed by atoms with Crippen LogP contribution >= 0.6 is 23.1 Å². The van der Waals surface area contributed by atoms with Crippen molar-refractivity contribution >= 4 is 33.3 Å². The summed E-state index contributed by atoms with van der Waals surface area (Å²) in [6.07, 6.45) is 0. The van der Waals surface area contributed by atoms with Gasteiger partial charge in [0.25, 0.3) is 0 Å². The highest BCUT2D eigenvalue weighted by Crippen LogP contribution is 2.35. The maximum absolute atomic E-state index is 12.7. The zero-order chi connectivity index (χ0) is 21.2. The van der Waals surface area contributed by atoms with Crippen molar-refractivity contribution in [3.8, 4) is 5.69 Å². The van der Waals surface area contributed by atoms with E-state index in [2.05, 4.69) is 33.8 Å². The molecule has 0 spiro atoms. The first kappa shape index (κ1) is 19.8. The molecule has 5 nitrogen and oxygen atoms in total. The number of thioether (sulfide) groups is 1. The second kappa shape index (κ2) is 8.53. The Kier molecular flexibility index (Phi) is 5.44. The summed E-state index contributed by atoms with van der Waals surface area (Å²) in [7, 11) is 0. The summed E-state index contributed by atoms with van der Waals surface area (Å²) in [5.41, 5.74) is 3.14. The maximum Gasteiger partial charge on any atom is 0.308 e. The molecule has 154 valence electrons. The summed E-state index contributed by atoms with van der Waals surface area (Å²) in [6, 6.07) is 28.3. The lowest BCUT2D eigenvalue weighted by Gasteiger charge is -2.14. The number of aromatic nitrogens is 4. The molecule has 7 heteroatoms. The zero-order valence-electron chi connectivity index (χ0n) is 16.9. The molecule has 0 amide bonds. The standard InChI is InChI=1S/C24H20N4OS2/c1-17(18-10-4-2-5-11-18)30-23-26-25-22(28(23)19-12-6-3-7-13-19)16-27-20-14-8-9-15-21(20)31-24(27)29/h2-15,17H,16H2,1H3. The Morgan fingerprint density at radius 1 is 0.903 bits per heavy atom. The average molecular weight is 445 g/mol. The Morgan fingerprint density at radius 2 is 1.58 bits per heavy atom. The van der Waals surface area contributed by atoms with E-state index in [0.717, 1.165) is 26.9 Å². The molecule has 2 heterocycles. The third-order valence-electron chi connectivity index (χ3n) is 5.14. The predicted octanol–water partition coefficient (Wildman–Crippen LogP) is 5.55. The fourth-order valence-electron chi connectivity index (χ4n) is 3.57. The fraction of sp³-hybridized carbons (Fsp3) is 0.125. The minimum Gasteiger partial charge on any atom is -0.291 e. The van der Waals surface area contributed by atoms with E-state index in [9.17, 15) is 4.79 Å². The lowest BCUT2D eigenvalue weighted by atomic mass is 10.2. The fourth-order valence-corrected chi connectivity index (χ4v) is 5.48. The van der Waals surface area contributed by atoms with Gasteiger partial charge in [0.1, 0.15) is 0 Å². The van der Waals surface area contributed by atoms with Crippen LogP contribution in [0.3, 0.4) is 0 Å². The van der Waals surface area contributed by atoms with E-state index < -0.39 is 0 Å². The minimum absolute atomic E-state index is 0.00988. The molecule has 0 N–H and O–H groups in total. The number of para-hydroxylation sites is 2. The van der Waals surface area contributed by atoms with Crippen LogP contribution in [-0.4, -0.2) is 19.3 Å². The largest absolute Gasteiger partial charge is 0.308 e. The normalized spacial score (nSPS) is 12.3. The molecule has 2 aromatic heterocycles. The molecule has 0 radical (unpaired) electrons. The topological polar surface area (TPSA) is 52.7 Å². The lowest BCUT2D eigenvalue weighted by molar-refractivity contribution is 0.725. The number of hydrogen-bond donors (Lipinski definition) is 0. The van der Waals surface area contributed by atoms with Gasteiger partial charge in [-0.25, -0.2) is 0 Å². The van der Waals surface area contributed by atoms with Crippen molar-refractivity contribution in [2.75, 3.05) is 0 Å². The number of rotatable bonds is 6. The first-order valence-electron chi connectivity index (χ1n) is 10.0. The molecule has 0 aliphatic heterocycles. The highest BCUT2D eigenvalue weighted by molar-refractivity contribution is 7.99. The van der Waals surface area contributed by atoms with E-state index >= 15 is 0 Å². The van der Waals surface area contributed by atoms with Gasteiger partial charge < -0.3 is 0 Å². The predicted molar refractivity (Wildman–Crippen MR) is 127 cm³/mol. The summed E-state index contributed by atoms with van der Waals surface area (Å²) < 4.78 is 4.81. The number of fused-ring (bicyclic) bond motifs is 1. The molecule has 1 atom stereocenters. The molecular formula is C24H20N4OS2. The molecule has 0 aliphatic rings. The summed E-state index contributed by atoms with van der Waals surface area (Å²) >= 11 is 2.92. The van der Waals surface area contributed by atoms with Crippen molar-refractivity contribution in [1.29, 1.82) is 0 Å². The molecule has 0 bridgehead atoms. The molecule has 0 aliphatic carbocycles. The number of thiazole rings is 1. The molecule has 0 saturated heterocycles. The quantitative estimate of drug-likeness (QED) is 0.323. The van der Waals surface area contributed by atoms with E-state index in [1.807, 2.05) is 72.8 Å². The summed E-state index contributed by atoms with van der Waals surface area (Å²) in [5.74, 6) is 0.736. The molecule has 0 fully saturated rings. The summed E-state index contributed by atoms with van der Waals surface area (Å²) in [6.45, 7) is 2.53. The molecule has 5 aromatic rings. The van der Waals surface area contributed by atoms with Crippen LogP contribution in [0.2, 0.25) is 0 Å². The van der Waals surface area contributed by atoms with Crippen molar-refractivity contribution in [3.05, 3.63) is 106 Å². The second-order valence-corrected chi connectivity index (χ2v) is 9.46. The van der Waals surface area contributed by atoms with Crippen LogP contribution in [0.25, 0.3) is 15.9 Å². The van der Waals surface area contributed by atoms with Gasteiger partial charge in [0.15, 0.2) is 11.0 Å². The van der Waals surface area contributed by atoms with Crippen LogP contribution in [0, 0.1) is 0 Å². The van der Waals surface area contributed by atoms with Gasteiger partial charge in [-0.15, -0.1) is 10.2 Å². The van der Waals surface area contributed by atoms with Gasteiger partial charge in [0, 0.05) is 10.9 Å². The van der Waals surface area contributed by atoms with Gasteiger partial charge in [-0.05, 0) is 36.8 Å². The Hall–Kier alpha value is -3.16. The van der Waals surface area contributed by atoms with E-state index in [-0.39, 0.29) is 10.1 Å². The van der Waals surface area contributed by atoms with Crippen molar-refractivity contribution < 1.29 is 0 Å². The van der Waals surface area contributed by atoms with E-state index in [1.54, 1.807) is 16.3 Å². The van der Waals surface area contributed by atoms with Gasteiger partial charge in [0.2, 0.25) is 0 Å². The van der Waals surface area contributed by atoms with Gasteiger partial charge >= 0.3 is 4.87 Å². The number of benzene rings is 3. The monoisotopic (exact) mass is 444 g/mol. The minimum atomic E-state index is 0.00988. The van der Waals surface area contributed by atoms with Crippen LogP contribution in [-0.2, 0) is 6.54 Å². The molecule has 3 aromatic carbocycles. The van der Waals surface area contributed by atoms with Crippen LogP contribution in [0.15, 0.2) is 94.9 Å². The van der Waals surface area contributed by atoms with Crippen molar-refractivity contribution in [1.82, 2.24) is 19.3 Å². The van der Waals surface area contributed by atoms with Crippen LogP contribution in [0.1, 0.15) is 23.6 Å². The third kappa shape index (κ3) is 3.94. The van der Waals surface area contributed by atoms with Gasteiger partial charge in [-0.1, -0.05) is 83.8 Å². The number of hydrogen-bond acceptors (Lipinski definition) is 5. The highest BCUT2D eigenvalue weighted by Gasteiger charge is 2.19. The lowest BCUT2D eigenvalue weighted by Crippen LogP contribution is -2.16. The van der Waals surface area contributed by atoms with Crippen molar-refractivity contribution in [2.24, 2.45) is 0 Å². The van der Waals surface area contributed by atoms with Gasteiger partial charge in [-0.3, -0.25) is 13.9 Å². The Balaban J connectivity index is 1.56. The van der Waals surface area contributed by atoms with Crippen LogP contribution in [0.4, 0.5) is 0 Å². The smallest absolute Gasteiger partial charge is 0.291 e. The van der Waals surface area contributed by atoms with E-state index in [4.69, 9.17) is 0 Å². The Morgan fingerprint density at radius 3 is 2.35 bits per heavy atom. The van der Waals surface area contributed by atoms with E-state index in [1.165, 1.54) is 16.9 Å². The van der Waals surface area contributed by atoms with Crippen molar-refractivity contribution in [3.63, 3.8) is 0 Å². The number of nitrogens with zero attached hydrogens (tertiary/aromatic N) is 4. The highest BCUT2D eigenvalue weighted by atomic mass is 32.2. The Labute approximate surface area is 188 Å². The Bertz CT molecular complexity index is 1370. The first-order chi connectivity index (χ1) is 15.2. The third-order valence-corrected chi connectivity index (χ3v) is 7.20. The second-order valence-electron chi connectivity index (χ2n) is 7.16. The molecule has 1 unspecified atom stereocenters. The molecule has 5 rings (SSSR count). The van der Waals surface area contributed by atoms with E-state index in [0.29, 0.717) is 6.54 Å².